The number of aromatic nitrogens is 1. The predicted octanol–water partition coefficient (Wildman–Crippen LogP) is 3.33. The minimum absolute atomic E-state index is 0.706. The molecule has 3 rings (SSSR count). The predicted molar refractivity (Wildman–Crippen MR) is 80.0 cm³/mol. The molecular weight excluding hydrogens is 246 g/mol. The van der Waals surface area contributed by atoms with Crippen LogP contribution in [0.5, 0.6) is 0 Å². The fraction of sp³-hybridized carbons (Fsp3) is 0.118. The van der Waals surface area contributed by atoms with Crippen LogP contribution < -0.4 is 5.32 Å². The highest BCUT2D eigenvalue weighted by Gasteiger charge is 1.98. The van der Waals surface area contributed by atoms with Crippen LogP contribution in [0.3, 0.4) is 0 Å². The first-order chi connectivity index (χ1) is 9.85. The maximum atomic E-state index is 8.87. The molecule has 0 atom stereocenters. The van der Waals surface area contributed by atoms with E-state index in [1.807, 2.05) is 30.5 Å². The van der Waals surface area contributed by atoms with Crippen LogP contribution in [0.4, 0.5) is 0 Å². The van der Waals surface area contributed by atoms with Crippen molar-refractivity contribution < 1.29 is 0 Å². The molecule has 0 aliphatic carbocycles. The van der Waals surface area contributed by atoms with Crippen molar-refractivity contribution in [2.75, 3.05) is 0 Å². The molecule has 0 saturated carbocycles. The quantitative estimate of drug-likeness (QED) is 0.757. The van der Waals surface area contributed by atoms with Crippen molar-refractivity contribution in [2.45, 2.75) is 13.1 Å². The number of hydrogen-bond donors (Lipinski definition) is 2. The van der Waals surface area contributed by atoms with Crippen LogP contribution >= 0.6 is 0 Å². The molecule has 3 heteroatoms. The monoisotopic (exact) mass is 261 g/mol. The van der Waals surface area contributed by atoms with Gasteiger partial charge in [0.15, 0.2) is 0 Å². The highest BCUT2D eigenvalue weighted by Crippen LogP contribution is 2.14. The lowest BCUT2D eigenvalue weighted by Crippen LogP contribution is -2.12. The smallest absolute Gasteiger partial charge is 0.0991 e. The third-order valence-electron chi connectivity index (χ3n) is 3.33. The SMILES string of the molecule is N#Cc1cccc(CNCc2ccc3cc[nH]c3c2)c1. The molecule has 2 aromatic carbocycles. The summed E-state index contributed by atoms with van der Waals surface area (Å²) >= 11 is 0. The Bertz CT molecular complexity index is 765. The fourth-order valence-electron chi connectivity index (χ4n) is 2.31. The van der Waals surface area contributed by atoms with Gasteiger partial charge < -0.3 is 10.3 Å². The Balaban J connectivity index is 1.63. The average molecular weight is 261 g/mol. The first kappa shape index (κ1) is 12.5. The summed E-state index contributed by atoms with van der Waals surface area (Å²) in [6, 6.07) is 18.3. The van der Waals surface area contributed by atoms with E-state index >= 15 is 0 Å². The van der Waals surface area contributed by atoms with E-state index in [9.17, 15) is 0 Å². The van der Waals surface area contributed by atoms with E-state index in [4.69, 9.17) is 5.26 Å². The second kappa shape index (κ2) is 5.60. The highest BCUT2D eigenvalue weighted by atomic mass is 14.8. The molecule has 0 radical (unpaired) electrons. The molecule has 0 amide bonds. The fourth-order valence-corrected chi connectivity index (χ4v) is 2.31. The van der Waals surface area contributed by atoms with Gasteiger partial charge in [-0.15, -0.1) is 0 Å². The van der Waals surface area contributed by atoms with Gasteiger partial charge in [0.2, 0.25) is 0 Å². The van der Waals surface area contributed by atoms with E-state index in [0.717, 1.165) is 24.2 Å². The van der Waals surface area contributed by atoms with Gasteiger partial charge in [0, 0.05) is 24.8 Å². The number of H-pyrrole nitrogens is 1. The van der Waals surface area contributed by atoms with Crippen LogP contribution in [-0.2, 0) is 13.1 Å². The normalized spacial score (nSPS) is 10.6. The molecule has 2 N–H and O–H groups in total. The van der Waals surface area contributed by atoms with Crippen molar-refractivity contribution in [3.8, 4) is 6.07 Å². The summed E-state index contributed by atoms with van der Waals surface area (Å²) in [5.41, 5.74) is 4.24. The Morgan fingerprint density at radius 1 is 1.00 bits per heavy atom. The number of nitrogens with zero attached hydrogens (tertiary/aromatic N) is 1. The lowest BCUT2D eigenvalue weighted by atomic mass is 10.1. The molecule has 0 unspecified atom stereocenters. The number of fused-ring (bicyclic) bond motifs is 1. The van der Waals surface area contributed by atoms with Crippen molar-refractivity contribution in [1.82, 2.24) is 10.3 Å². The summed E-state index contributed by atoms with van der Waals surface area (Å²) in [5.74, 6) is 0. The molecule has 3 aromatic rings. The van der Waals surface area contributed by atoms with Crippen molar-refractivity contribution in [1.29, 1.82) is 5.26 Å². The second-order valence-electron chi connectivity index (χ2n) is 4.82. The molecule has 0 saturated heterocycles. The number of benzene rings is 2. The van der Waals surface area contributed by atoms with Crippen molar-refractivity contribution in [3.63, 3.8) is 0 Å². The van der Waals surface area contributed by atoms with Crippen LogP contribution in [0.25, 0.3) is 10.9 Å². The second-order valence-corrected chi connectivity index (χ2v) is 4.82. The molecular formula is C17H15N3. The van der Waals surface area contributed by atoms with Crippen LogP contribution in [0.15, 0.2) is 54.7 Å². The highest BCUT2D eigenvalue weighted by molar-refractivity contribution is 5.79. The summed E-state index contributed by atoms with van der Waals surface area (Å²) in [6.45, 7) is 1.57. The number of hydrogen-bond acceptors (Lipinski definition) is 2. The molecule has 1 aromatic heterocycles. The summed E-state index contributed by atoms with van der Waals surface area (Å²) in [7, 11) is 0. The Morgan fingerprint density at radius 2 is 1.85 bits per heavy atom. The molecule has 0 spiro atoms. The lowest BCUT2D eigenvalue weighted by molar-refractivity contribution is 0.694. The third kappa shape index (κ3) is 2.71. The minimum Gasteiger partial charge on any atom is -0.361 e. The Morgan fingerprint density at radius 3 is 2.70 bits per heavy atom. The third-order valence-corrected chi connectivity index (χ3v) is 3.33. The van der Waals surface area contributed by atoms with Gasteiger partial charge in [0.25, 0.3) is 0 Å². The zero-order valence-electron chi connectivity index (χ0n) is 11.1. The average Bonchev–Trinajstić information content (AvgIpc) is 2.95. The molecule has 3 nitrogen and oxygen atoms in total. The Kier molecular flexibility index (Phi) is 3.49. The number of nitrogens with one attached hydrogen (secondary N) is 2. The zero-order valence-corrected chi connectivity index (χ0v) is 11.1. The molecule has 0 aliphatic heterocycles. The zero-order chi connectivity index (χ0) is 13.8. The molecule has 0 aliphatic rings. The van der Waals surface area contributed by atoms with E-state index < -0.39 is 0 Å². The van der Waals surface area contributed by atoms with E-state index in [1.165, 1.54) is 10.9 Å². The molecule has 0 fully saturated rings. The van der Waals surface area contributed by atoms with Crippen LogP contribution in [0.1, 0.15) is 16.7 Å². The largest absolute Gasteiger partial charge is 0.361 e. The molecule has 1 heterocycles. The van der Waals surface area contributed by atoms with E-state index in [1.54, 1.807) is 0 Å². The van der Waals surface area contributed by atoms with E-state index in [0.29, 0.717) is 5.56 Å². The van der Waals surface area contributed by atoms with Gasteiger partial charge in [0.1, 0.15) is 0 Å². The summed E-state index contributed by atoms with van der Waals surface area (Å²) in [5, 5.41) is 13.5. The first-order valence-electron chi connectivity index (χ1n) is 6.61. The maximum Gasteiger partial charge on any atom is 0.0991 e. The number of nitriles is 1. The van der Waals surface area contributed by atoms with Gasteiger partial charge in [-0.05, 0) is 40.8 Å². The number of rotatable bonds is 4. The van der Waals surface area contributed by atoms with Gasteiger partial charge >= 0.3 is 0 Å². The summed E-state index contributed by atoms with van der Waals surface area (Å²) < 4.78 is 0. The van der Waals surface area contributed by atoms with Crippen LogP contribution in [-0.4, -0.2) is 4.98 Å². The van der Waals surface area contributed by atoms with Crippen molar-refractivity contribution >= 4 is 10.9 Å². The first-order valence-corrected chi connectivity index (χ1v) is 6.61. The number of aromatic amines is 1. The van der Waals surface area contributed by atoms with Gasteiger partial charge in [-0.2, -0.15) is 5.26 Å². The van der Waals surface area contributed by atoms with Crippen LogP contribution in [0, 0.1) is 11.3 Å². The van der Waals surface area contributed by atoms with Gasteiger partial charge in [-0.25, -0.2) is 0 Å². The maximum absolute atomic E-state index is 8.87. The standard InChI is InChI=1S/C17H15N3/c18-10-13-2-1-3-14(8-13)11-19-12-15-4-5-16-6-7-20-17(16)9-15/h1-9,19-20H,11-12H2. The summed E-state index contributed by atoms with van der Waals surface area (Å²) in [4.78, 5) is 3.22. The van der Waals surface area contributed by atoms with Crippen molar-refractivity contribution in [2.24, 2.45) is 0 Å². The molecule has 20 heavy (non-hydrogen) atoms. The Labute approximate surface area is 117 Å². The summed E-state index contributed by atoms with van der Waals surface area (Å²) in [6.07, 6.45) is 1.95. The molecule has 98 valence electrons. The lowest BCUT2D eigenvalue weighted by Gasteiger charge is -2.06. The topological polar surface area (TPSA) is 51.6 Å². The van der Waals surface area contributed by atoms with E-state index in [-0.39, 0.29) is 0 Å². The minimum atomic E-state index is 0.706. The van der Waals surface area contributed by atoms with Gasteiger partial charge in [-0.1, -0.05) is 24.3 Å². The molecule has 0 bridgehead atoms. The van der Waals surface area contributed by atoms with Gasteiger partial charge in [0.05, 0.1) is 11.6 Å². The Hall–Kier alpha value is -2.57. The van der Waals surface area contributed by atoms with Crippen molar-refractivity contribution in [3.05, 3.63) is 71.4 Å². The van der Waals surface area contributed by atoms with Gasteiger partial charge in [-0.3, -0.25) is 0 Å². The van der Waals surface area contributed by atoms with Crippen LogP contribution in [0.2, 0.25) is 0 Å². The van der Waals surface area contributed by atoms with E-state index in [2.05, 4.69) is 40.6 Å².